The molecule has 0 unspecified atom stereocenters. The molecule has 1 saturated heterocycles. The standard InChI is InChI=1S/C11H14N4O4/c1-5-7-10(13-3-12-5)15(4-14-7)11-9(18)8(17)6(2-16)19-11/h3-4,6,8-9,11,16-18H,2H2,1H3/t6-,8-,9-,11-/m1/s1. The Kier molecular flexibility index (Phi) is 2.94. The van der Waals surface area contributed by atoms with Gasteiger partial charge in [-0.2, -0.15) is 0 Å². The van der Waals surface area contributed by atoms with Gasteiger partial charge < -0.3 is 20.1 Å². The Bertz CT molecular complexity index is 601. The van der Waals surface area contributed by atoms with E-state index in [1.54, 1.807) is 6.92 Å². The summed E-state index contributed by atoms with van der Waals surface area (Å²) in [4.78, 5) is 12.3. The number of hydrogen-bond acceptors (Lipinski definition) is 7. The Hall–Kier alpha value is -1.61. The SMILES string of the molecule is Cc1ncnc2c1ncn2[C@@H]1O[C@H](CO)[C@@H](O)[C@H]1O. The Balaban J connectivity index is 2.04. The first-order chi connectivity index (χ1) is 9.13. The third-order valence-corrected chi connectivity index (χ3v) is 3.33. The first-order valence-corrected chi connectivity index (χ1v) is 5.90. The van der Waals surface area contributed by atoms with E-state index in [1.165, 1.54) is 17.2 Å². The highest BCUT2D eigenvalue weighted by molar-refractivity contribution is 5.72. The Morgan fingerprint density at radius 1 is 1.26 bits per heavy atom. The van der Waals surface area contributed by atoms with Gasteiger partial charge in [0.1, 0.15) is 30.2 Å². The van der Waals surface area contributed by atoms with Crippen LogP contribution >= 0.6 is 0 Å². The maximum atomic E-state index is 9.98. The number of nitrogens with zero attached hydrogens (tertiary/aromatic N) is 4. The number of aryl methyl sites for hydroxylation is 1. The smallest absolute Gasteiger partial charge is 0.165 e. The molecule has 4 atom stereocenters. The molecule has 8 nitrogen and oxygen atoms in total. The fraction of sp³-hybridized carbons (Fsp3) is 0.545. The molecule has 2 aromatic heterocycles. The van der Waals surface area contributed by atoms with Crippen LogP contribution in [0.2, 0.25) is 0 Å². The Morgan fingerprint density at radius 3 is 2.74 bits per heavy atom. The summed E-state index contributed by atoms with van der Waals surface area (Å²) in [6.07, 6.45) is -1.06. The molecule has 1 aliphatic heterocycles. The zero-order chi connectivity index (χ0) is 13.6. The van der Waals surface area contributed by atoms with E-state index in [0.29, 0.717) is 11.2 Å². The highest BCUT2D eigenvalue weighted by Gasteiger charge is 2.43. The molecule has 0 aliphatic carbocycles. The van der Waals surface area contributed by atoms with Gasteiger partial charge in [-0.25, -0.2) is 15.0 Å². The van der Waals surface area contributed by atoms with E-state index >= 15 is 0 Å². The van der Waals surface area contributed by atoms with Crippen molar-refractivity contribution in [3.05, 3.63) is 18.3 Å². The monoisotopic (exact) mass is 266 g/mol. The van der Waals surface area contributed by atoms with Gasteiger partial charge in [-0.1, -0.05) is 0 Å². The van der Waals surface area contributed by atoms with Gasteiger partial charge >= 0.3 is 0 Å². The maximum absolute atomic E-state index is 9.98. The average Bonchev–Trinajstić information content (AvgIpc) is 2.94. The van der Waals surface area contributed by atoms with Gasteiger partial charge in [0, 0.05) is 0 Å². The minimum atomic E-state index is -1.15. The molecule has 3 heterocycles. The first-order valence-electron chi connectivity index (χ1n) is 5.90. The van der Waals surface area contributed by atoms with E-state index in [9.17, 15) is 10.2 Å². The van der Waals surface area contributed by atoms with Crippen molar-refractivity contribution >= 4 is 11.2 Å². The van der Waals surface area contributed by atoms with Crippen molar-refractivity contribution < 1.29 is 20.1 Å². The highest BCUT2D eigenvalue weighted by atomic mass is 16.6. The summed E-state index contributed by atoms with van der Waals surface area (Å²) in [5.41, 5.74) is 1.85. The lowest BCUT2D eigenvalue weighted by Crippen LogP contribution is -2.33. The third-order valence-electron chi connectivity index (χ3n) is 3.33. The minimum Gasteiger partial charge on any atom is -0.394 e. The number of fused-ring (bicyclic) bond motifs is 1. The van der Waals surface area contributed by atoms with Crippen LogP contribution in [0.4, 0.5) is 0 Å². The molecular formula is C11H14N4O4. The molecule has 19 heavy (non-hydrogen) atoms. The first kappa shape index (κ1) is 12.4. The molecule has 2 aromatic rings. The van der Waals surface area contributed by atoms with Crippen molar-refractivity contribution in [3.63, 3.8) is 0 Å². The molecule has 0 saturated carbocycles. The molecular weight excluding hydrogens is 252 g/mol. The van der Waals surface area contributed by atoms with Gasteiger partial charge in [0.05, 0.1) is 18.6 Å². The summed E-state index contributed by atoms with van der Waals surface area (Å²) in [6, 6.07) is 0. The van der Waals surface area contributed by atoms with E-state index in [0.717, 1.165) is 5.69 Å². The van der Waals surface area contributed by atoms with Crippen LogP contribution in [-0.2, 0) is 4.74 Å². The average molecular weight is 266 g/mol. The number of ether oxygens (including phenoxy) is 1. The molecule has 0 amide bonds. The van der Waals surface area contributed by atoms with Gasteiger partial charge in [-0.3, -0.25) is 4.57 Å². The summed E-state index contributed by atoms with van der Waals surface area (Å²) < 4.78 is 6.98. The van der Waals surface area contributed by atoms with E-state index in [1.807, 2.05) is 0 Å². The van der Waals surface area contributed by atoms with Crippen molar-refractivity contribution in [2.75, 3.05) is 6.61 Å². The highest BCUT2D eigenvalue weighted by Crippen LogP contribution is 2.31. The van der Waals surface area contributed by atoms with Crippen LogP contribution < -0.4 is 0 Å². The summed E-state index contributed by atoms with van der Waals surface area (Å²) in [5, 5.41) is 28.8. The zero-order valence-electron chi connectivity index (χ0n) is 10.2. The predicted octanol–water partition coefficient (Wildman–Crippen LogP) is -1.25. The molecule has 0 aromatic carbocycles. The van der Waals surface area contributed by atoms with Crippen molar-refractivity contribution in [1.82, 2.24) is 19.5 Å². The fourth-order valence-electron chi connectivity index (χ4n) is 2.27. The molecule has 3 rings (SSSR count). The van der Waals surface area contributed by atoms with Crippen LogP contribution in [0.15, 0.2) is 12.7 Å². The second-order valence-electron chi connectivity index (χ2n) is 4.51. The van der Waals surface area contributed by atoms with Gasteiger partial charge in [0.15, 0.2) is 11.9 Å². The fourth-order valence-corrected chi connectivity index (χ4v) is 2.27. The number of hydrogen-bond donors (Lipinski definition) is 3. The second-order valence-corrected chi connectivity index (χ2v) is 4.51. The third kappa shape index (κ3) is 1.80. The largest absolute Gasteiger partial charge is 0.394 e. The molecule has 102 valence electrons. The van der Waals surface area contributed by atoms with E-state index in [4.69, 9.17) is 9.84 Å². The molecule has 3 N–H and O–H groups in total. The molecule has 0 bridgehead atoms. The summed E-state index contributed by atoms with van der Waals surface area (Å²) in [7, 11) is 0. The summed E-state index contributed by atoms with van der Waals surface area (Å²) in [6.45, 7) is 1.44. The number of aromatic nitrogens is 4. The van der Waals surface area contributed by atoms with E-state index in [2.05, 4.69) is 15.0 Å². The van der Waals surface area contributed by atoms with Crippen LogP contribution in [0, 0.1) is 6.92 Å². The second kappa shape index (κ2) is 4.49. The van der Waals surface area contributed by atoms with Crippen LogP contribution in [0.5, 0.6) is 0 Å². The Morgan fingerprint density at radius 2 is 2.05 bits per heavy atom. The quantitative estimate of drug-likeness (QED) is 0.622. The lowest BCUT2D eigenvalue weighted by atomic mass is 10.1. The topological polar surface area (TPSA) is 114 Å². The normalized spacial score (nSPS) is 31.2. The lowest BCUT2D eigenvalue weighted by molar-refractivity contribution is -0.0511. The summed E-state index contributed by atoms with van der Waals surface area (Å²) >= 11 is 0. The van der Waals surface area contributed by atoms with Crippen molar-refractivity contribution in [2.24, 2.45) is 0 Å². The molecule has 1 aliphatic rings. The Labute approximate surface area is 108 Å². The van der Waals surface area contributed by atoms with Crippen molar-refractivity contribution in [2.45, 2.75) is 31.5 Å². The maximum Gasteiger partial charge on any atom is 0.165 e. The number of imidazole rings is 1. The number of aliphatic hydroxyl groups is 3. The van der Waals surface area contributed by atoms with Gasteiger partial charge in [0.25, 0.3) is 0 Å². The van der Waals surface area contributed by atoms with Crippen LogP contribution in [0.25, 0.3) is 11.2 Å². The minimum absolute atomic E-state index is 0.366. The molecule has 0 spiro atoms. The zero-order valence-corrected chi connectivity index (χ0v) is 10.2. The van der Waals surface area contributed by atoms with Gasteiger partial charge in [-0.15, -0.1) is 0 Å². The van der Waals surface area contributed by atoms with Gasteiger partial charge in [0.2, 0.25) is 0 Å². The van der Waals surface area contributed by atoms with Crippen LogP contribution in [0.1, 0.15) is 11.9 Å². The van der Waals surface area contributed by atoms with Crippen LogP contribution in [0.3, 0.4) is 0 Å². The van der Waals surface area contributed by atoms with Crippen molar-refractivity contribution in [1.29, 1.82) is 0 Å². The number of aliphatic hydroxyl groups excluding tert-OH is 3. The van der Waals surface area contributed by atoms with Gasteiger partial charge in [-0.05, 0) is 6.92 Å². The summed E-state index contributed by atoms with van der Waals surface area (Å²) in [5.74, 6) is 0. The molecule has 8 heteroatoms. The van der Waals surface area contributed by atoms with E-state index < -0.39 is 24.5 Å². The molecule has 0 radical (unpaired) electrons. The van der Waals surface area contributed by atoms with Crippen molar-refractivity contribution in [3.8, 4) is 0 Å². The molecule has 1 fully saturated rings. The van der Waals surface area contributed by atoms with Crippen LogP contribution in [-0.4, -0.2) is 59.8 Å². The number of rotatable bonds is 2. The van der Waals surface area contributed by atoms with E-state index in [-0.39, 0.29) is 6.61 Å². The predicted molar refractivity (Wildman–Crippen MR) is 63.1 cm³/mol. The lowest BCUT2D eigenvalue weighted by Gasteiger charge is -2.16.